The van der Waals surface area contributed by atoms with Crippen LogP contribution in [-0.2, 0) is 20.6 Å². The minimum atomic E-state index is -3.53. The normalized spacial score (nSPS) is 20.2. The molecular weight excluding hydrogens is 419 g/mol. The Labute approximate surface area is 177 Å². The zero-order chi connectivity index (χ0) is 20.1. The predicted molar refractivity (Wildman–Crippen MR) is 113 cm³/mol. The highest BCUT2D eigenvalue weighted by Crippen LogP contribution is 2.29. The Morgan fingerprint density at radius 1 is 1.04 bits per heavy atom. The van der Waals surface area contributed by atoms with Crippen LogP contribution in [0.1, 0.15) is 50.5 Å². The SMILES string of the molecule is O=C(NCC1CCCCC1)C1CCN(S(=O)(=O)Cc2c(Cl)cccc2Cl)CC1. The Kier molecular flexibility index (Phi) is 7.65. The van der Waals surface area contributed by atoms with Crippen LogP contribution < -0.4 is 5.32 Å². The molecule has 1 saturated carbocycles. The molecule has 1 aliphatic carbocycles. The maximum Gasteiger partial charge on any atom is 0.223 e. The van der Waals surface area contributed by atoms with Gasteiger partial charge in [-0.2, -0.15) is 0 Å². The number of nitrogens with one attached hydrogen (secondary N) is 1. The van der Waals surface area contributed by atoms with Crippen LogP contribution in [0.4, 0.5) is 0 Å². The van der Waals surface area contributed by atoms with Crippen molar-refractivity contribution in [2.45, 2.75) is 50.7 Å². The van der Waals surface area contributed by atoms with Crippen molar-refractivity contribution in [3.8, 4) is 0 Å². The van der Waals surface area contributed by atoms with E-state index in [0.717, 1.165) is 6.54 Å². The second kappa shape index (κ2) is 9.79. The van der Waals surface area contributed by atoms with Crippen LogP contribution >= 0.6 is 23.2 Å². The highest BCUT2D eigenvalue weighted by molar-refractivity contribution is 7.88. The molecule has 0 unspecified atom stereocenters. The smallest absolute Gasteiger partial charge is 0.223 e. The maximum absolute atomic E-state index is 12.8. The van der Waals surface area contributed by atoms with Crippen LogP contribution in [0.2, 0.25) is 10.0 Å². The summed E-state index contributed by atoms with van der Waals surface area (Å²) in [5.74, 6) is 0.332. The Bertz CT molecular complexity index is 766. The molecule has 0 radical (unpaired) electrons. The van der Waals surface area contributed by atoms with Crippen LogP contribution in [0.5, 0.6) is 0 Å². The molecule has 8 heteroatoms. The van der Waals surface area contributed by atoms with Gasteiger partial charge in [0.05, 0.1) is 5.75 Å². The minimum Gasteiger partial charge on any atom is -0.356 e. The van der Waals surface area contributed by atoms with Crippen molar-refractivity contribution in [2.75, 3.05) is 19.6 Å². The van der Waals surface area contributed by atoms with E-state index in [1.807, 2.05) is 0 Å². The quantitative estimate of drug-likeness (QED) is 0.710. The van der Waals surface area contributed by atoms with Gasteiger partial charge in [-0.3, -0.25) is 4.79 Å². The first-order valence-electron chi connectivity index (χ1n) is 10.1. The average Bonchev–Trinajstić information content (AvgIpc) is 2.70. The molecule has 2 aliphatic rings. The topological polar surface area (TPSA) is 66.5 Å². The number of halogens is 2. The summed E-state index contributed by atoms with van der Waals surface area (Å²) < 4.78 is 27.0. The highest BCUT2D eigenvalue weighted by atomic mass is 35.5. The van der Waals surface area contributed by atoms with Crippen LogP contribution in [0, 0.1) is 11.8 Å². The monoisotopic (exact) mass is 446 g/mol. The van der Waals surface area contributed by atoms with Crippen molar-refractivity contribution in [1.29, 1.82) is 0 Å². The first kappa shape index (κ1) is 21.9. The molecule has 0 atom stereocenters. The predicted octanol–water partition coefficient (Wildman–Crippen LogP) is 4.23. The van der Waals surface area contributed by atoms with Gasteiger partial charge in [0.25, 0.3) is 0 Å². The lowest BCUT2D eigenvalue weighted by molar-refractivity contribution is -0.126. The summed E-state index contributed by atoms with van der Waals surface area (Å²) in [5, 5.41) is 3.80. The minimum absolute atomic E-state index is 0.0665. The number of carbonyl (C=O) groups is 1. The fraction of sp³-hybridized carbons (Fsp3) is 0.650. The first-order valence-corrected chi connectivity index (χ1v) is 12.4. The summed E-state index contributed by atoms with van der Waals surface area (Å²) >= 11 is 12.2. The number of sulfonamides is 1. The van der Waals surface area contributed by atoms with Crippen LogP contribution in [0.3, 0.4) is 0 Å². The van der Waals surface area contributed by atoms with Gasteiger partial charge in [0.15, 0.2) is 0 Å². The summed E-state index contributed by atoms with van der Waals surface area (Å²) in [7, 11) is -3.53. The average molecular weight is 447 g/mol. The highest BCUT2D eigenvalue weighted by Gasteiger charge is 2.32. The van der Waals surface area contributed by atoms with Gasteiger partial charge in [-0.1, -0.05) is 48.5 Å². The lowest BCUT2D eigenvalue weighted by atomic mass is 9.89. The van der Waals surface area contributed by atoms with Crippen molar-refractivity contribution in [1.82, 2.24) is 9.62 Å². The molecular formula is C20H28Cl2N2O3S. The van der Waals surface area contributed by atoms with Gasteiger partial charge in [0.1, 0.15) is 0 Å². The van der Waals surface area contributed by atoms with E-state index in [1.54, 1.807) is 18.2 Å². The largest absolute Gasteiger partial charge is 0.356 e. The molecule has 1 aromatic rings. The molecule has 28 heavy (non-hydrogen) atoms. The van der Waals surface area contributed by atoms with Crippen molar-refractivity contribution in [2.24, 2.45) is 11.8 Å². The standard InChI is InChI=1S/C20H28Cl2N2O3S/c21-18-7-4-8-19(22)17(18)14-28(26,27)24-11-9-16(10-12-24)20(25)23-13-15-5-2-1-3-6-15/h4,7-8,15-16H,1-3,5-6,9-14H2,(H,23,25). The number of amides is 1. The molecule has 0 aromatic heterocycles. The molecule has 156 valence electrons. The lowest BCUT2D eigenvalue weighted by Crippen LogP contribution is -2.44. The number of benzene rings is 1. The fourth-order valence-electron chi connectivity index (χ4n) is 4.12. The summed E-state index contributed by atoms with van der Waals surface area (Å²) in [5.41, 5.74) is 0.429. The van der Waals surface area contributed by atoms with Gasteiger partial charge in [-0.25, -0.2) is 12.7 Å². The third kappa shape index (κ3) is 5.62. The van der Waals surface area contributed by atoms with Gasteiger partial charge < -0.3 is 5.32 Å². The van der Waals surface area contributed by atoms with E-state index < -0.39 is 10.0 Å². The van der Waals surface area contributed by atoms with E-state index in [4.69, 9.17) is 23.2 Å². The number of rotatable bonds is 6. The molecule has 1 saturated heterocycles. The van der Waals surface area contributed by atoms with E-state index in [-0.39, 0.29) is 17.6 Å². The Balaban J connectivity index is 1.50. The molecule has 0 spiro atoms. The third-order valence-electron chi connectivity index (χ3n) is 5.90. The van der Waals surface area contributed by atoms with Crippen molar-refractivity contribution < 1.29 is 13.2 Å². The summed E-state index contributed by atoms with van der Waals surface area (Å²) in [4.78, 5) is 12.5. The zero-order valence-corrected chi connectivity index (χ0v) is 18.3. The zero-order valence-electron chi connectivity index (χ0n) is 16.0. The number of nitrogens with zero attached hydrogens (tertiary/aromatic N) is 1. The number of hydrogen-bond acceptors (Lipinski definition) is 3. The Hall–Kier alpha value is -0.820. The molecule has 0 bridgehead atoms. The van der Waals surface area contributed by atoms with E-state index >= 15 is 0 Å². The molecule has 1 aliphatic heterocycles. The van der Waals surface area contributed by atoms with Gasteiger partial charge in [0.2, 0.25) is 15.9 Å². The first-order chi connectivity index (χ1) is 13.4. The summed E-state index contributed by atoms with van der Waals surface area (Å²) in [6.07, 6.45) is 7.30. The van der Waals surface area contributed by atoms with Gasteiger partial charge in [-0.15, -0.1) is 0 Å². The lowest BCUT2D eigenvalue weighted by Gasteiger charge is -2.31. The van der Waals surface area contributed by atoms with Crippen molar-refractivity contribution in [3.05, 3.63) is 33.8 Å². The Morgan fingerprint density at radius 3 is 2.25 bits per heavy atom. The number of hydrogen-bond donors (Lipinski definition) is 1. The summed E-state index contributed by atoms with van der Waals surface area (Å²) in [6, 6.07) is 4.97. The third-order valence-corrected chi connectivity index (χ3v) is 8.41. The van der Waals surface area contributed by atoms with Crippen molar-refractivity contribution in [3.63, 3.8) is 0 Å². The summed E-state index contributed by atoms with van der Waals surface area (Å²) in [6.45, 7) is 1.46. The molecule has 2 fully saturated rings. The molecule has 1 aromatic carbocycles. The maximum atomic E-state index is 12.8. The second-order valence-corrected chi connectivity index (χ2v) is 10.7. The molecule has 1 heterocycles. The van der Waals surface area contributed by atoms with Crippen LogP contribution in [0.15, 0.2) is 18.2 Å². The van der Waals surface area contributed by atoms with Crippen LogP contribution in [-0.4, -0.2) is 38.3 Å². The molecule has 3 rings (SSSR count). The number of carbonyl (C=O) groups excluding carboxylic acids is 1. The Morgan fingerprint density at radius 2 is 1.64 bits per heavy atom. The van der Waals surface area contributed by atoms with Crippen molar-refractivity contribution >= 4 is 39.1 Å². The van der Waals surface area contributed by atoms with Gasteiger partial charge in [-0.05, 0) is 43.7 Å². The fourth-order valence-corrected chi connectivity index (χ4v) is 6.44. The van der Waals surface area contributed by atoms with E-state index in [2.05, 4.69) is 5.32 Å². The molecule has 5 nitrogen and oxygen atoms in total. The van der Waals surface area contributed by atoms with E-state index in [1.165, 1.54) is 36.4 Å². The molecule has 1 N–H and O–H groups in total. The van der Waals surface area contributed by atoms with E-state index in [0.29, 0.717) is 47.5 Å². The number of piperidine rings is 1. The van der Waals surface area contributed by atoms with Gasteiger partial charge in [0, 0.05) is 41.2 Å². The van der Waals surface area contributed by atoms with E-state index in [9.17, 15) is 13.2 Å². The van der Waals surface area contributed by atoms with Gasteiger partial charge >= 0.3 is 0 Å². The van der Waals surface area contributed by atoms with Crippen LogP contribution in [0.25, 0.3) is 0 Å². The molecule has 1 amide bonds. The second-order valence-electron chi connectivity index (χ2n) is 7.88.